The zero-order valence-corrected chi connectivity index (χ0v) is 8.78. The highest BCUT2D eigenvalue weighted by molar-refractivity contribution is 5.79. The Balaban J connectivity index is 2.23. The molecule has 0 bridgehead atoms. The molecule has 86 valence electrons. The van der Waals surface area contributed by atoms with Gasteiger partial charge < -0.3 is 4.98 Å². The maximum atomic E-state index is 13.4. The topological polar surface area (TPSA) is 59.4 Å². The molecule has 1 N–H and O–H groups in total. The fourth-order valence-electron chi connectivity index (χ4n) is 1.62. The number of nitrogens with zero attached hydrogens (tertiary/aromatic N) is 4. The maximum absolute atomic E-state index is 13.4. The molecule has 7 heteroatoms. The van der Waals surface area contributed by atoms with Gasteiger partial charge in [-0.3, -0.25) is 4.68 Å². The average Bonchev–Trinajstić information content (AvgIpc) is 2.83. The number of aromatic nitrogens is 5. The zero-order chi connectivity index (χ0) is 12.0. The Hall–Kier alpha value is -2.31. The van der Waals surface area contributed by atoms with Crippen LogP contribution in [0.3, 0.4) is 0 Å². The first-order chi connectivity index (χ1) is 8.13. The molecule has 3 aromatic rings. The Morgan fingerprint density at radius 2 is 2.12 bits per heavy atom. The first-order valence-electron chi connectivity index (χ1n) is 4.85. The summed E-state index contributed by atoms with van der Waals surface area (Å²) in [6.45, 7) is 0. The van der Waals surface area contributed by atoms with Crippen molar-refractivity contribution in [2.75, 3.05) is 0 Å². The van der Waals surface area contributed by atoms with Crippen molar-refractivity contribution in [3.05, 3.63) is 30.0 Å². The fourth-order valence-corrected chi connectivity index (χ4v) is 1.62. The van der Waals surface area contributed by atoms with Crippen molar-refractivity contribution in [3.8, 4) is 11.5 Å². The average molecular weight is 235 g/mol. The van der Waals surface area contributed by atoms with Gasteiger partial charge in [0.2, 0.25) is 0 Å². The predicted octanol–water partition coefficient (Wildman–Crippen LogP) is 1.64. The van der Waals surface area contributed by atoms with Crippen molar-refractivity contribution in [3.63, 3.8) is 0 Å². The van der Waals surface area contributed by atoms with Crippen LogP contribution in [-0.4, -0.2) is 25.0 Å². The molecule has 0 fully saturated rings. The number of halogens is 2. The molecule has 0 spiro atoms. The summed E-state index contributed by atoms with van der Waals surface area (Å²) in [7, 11) is 1.71. The Morgan fingerprint density at radius 3 is 2.82 bits per heavy atom. The minimum absolute atomic E-state index is 0.0899. The lowest BCUT2D eigenvalue weighted by atomic mass is 10.3. The van der Waals surface area contributed by atoms with E-state index in [1.165, 1.54) is 10.7 Å². The monoisotopic (exact) mass is 235 g/mol. The minimum atomic E-state index is -0.702. The molecule has 2 aromatic heterocycles. The molecule has 0 aliphatic heterocycles. The van der Waals surface area contributed by atoms with Crippen molar-refractivity contribution >= 4 is 11.0 Å². The Morgan fingerprint density at radius 1 is 1.29 bits per heavy atom. The molecule has 17 heavy (non-hydrogen) atoms. The first-order valence-corrected chi connectivity index (χ1v) is 4.85. The van der Waals surface area contributed by atoms with Gasteiger partial charge in [0.15, 0.2) is 11.6 Å². The van der Waals surface area contributed by atoms with E-state index < -0.39 is 11.6 Å². The molecule has 0 saturated carbocycles. The van der Waals surface area contributed by atoms with Crippen molar-refractivity contribution in [2.45, 2.75) is 0 Å². The van der Waals surface area contributed by atoms with Crippen LogP contribution >= 0.6 is 0 Å². The van der Waals surface area contributed by atoms with Gasteiger partial charge in [0.05, 0.1) is 11.7 Å². The van der Waals surface area contributed by atoms with Gasteiger partial charge in [0, 0.05) is 13.1 Å². The summed E-state index contributed by atoms with van der Waals surface area (Å²) in [5.74, 6) is -0.992. The van der Waals surface area contributed by atoms with E-state index >= 15 is 0 Å². The molecule has 1 aromatic carbocycles. The van der Waals surface area contributed by atoms with Gasteiger partial charge in [-0.05, 0) is 6.07 Å². The lowest BCUT2D eigenvalue weighted by Crippen LogP contribution is -1.85. The molecular weight excluding hydrogens is 228 g/mol. The zero-order valence-electron chi connectivity index (χ0n) is 8.78. The van der Waals surface area contributed by atoms with E-state index in [1.54, 1.807) is 13.2 Å². The lowest BCUT2D eigenvalue weighted by molar-refractivity contribution is 0.591. The number of H-pyrrole nitrogens is 1. The van der Waals surface area contributed by atoms with Crippen LogP contribution in [0.15, 0.2) is 18.3 Å². The number of hydrogen-bond acceptors (Lipinski definition) is 3. The van der Waals surface area contributed by atoms with E-state index in [0.29, 0.717) is 17.0 Å². The molecule has 3 rings (SSSR count). The van der Waals surface area contributed by atoms with Crippen molar-refractivity contribution in [2.24, 2.45) is 7.05 Å². The summed E-state index contributed by atoms with van der Waals surface area (Å²) in [5, 5.41) is 7.58. The van der Waals surface area contributed by atoms with E-state index in [9.17, 15) is 8.78 Å². The molecule has 0 saturated heterocycles. The predicted molar refractivity (Wildman–Crippen MR) is 56.0 cm³/mol. The number of nitrogens with one attached hydrogen (secondary N) is 1. The number of benzene rings is 1. The van der Waals surface area contributed by atoms with Gasteiger partial charge in [-0.15, -0.1) is 5.10 Å². The summed E-state index contributed by atoms with van der Waals surface area (Å²) >= 11 is 0. The second-order valence-corrected chi connectivity index (χ2v) is 3.65. The molecule has 2 heterocycles. The summed E-state index contributed by atoms with van der Waals surface area (Å²) in [5.41, 5.74) is 0.860. The van der Waals surface area contributed by atoms with Gasteiger partial charge in [0.25, 0.3) is 0 Å². The molecule has 0 aliphatic carbocycles. The van der Waals surface area contributed by atoms with E-state index in [-0.39, 0.29) is 5.52 Å². The lowest BCUT2D eigenvalue weighted by Gasteiger charge is -1.90. The van der Waals surface area contributed by atoms with E-state index in [4.69, 9.17) is 0 Å². The largest absolute Gasteiger partial charge is 0.336 e. The SMILES string of the molecule is Cn1cc(-c2nc3c(F)cc(F)cc3[nH]2)nn1. The Bertz CT molecular complexity index is 700. The van der Waals surface area contributed by atoms with Crippen LogP contribution in [0.2, 0.25) is 0 Å². The summed E-state index contributed by atoms with van der Waals surface area (Å²) in [6.07, 6.45) is 1.63. The number of hydrogen-bond donors (Lipinski definition) is 1. The smallest absolute Gasteiger partial charge is 0.160 e. The third-order valence-electron chi connectivity index (χ3n) is 2.35. The highest BCUT2D eigenvalue weighted by Gasteiger charge is 2.12. The number of aryl methyl sites for hydroxylation is 1. The standard InChI is InChI=1S/C10H7F2N5/c1-17-4-8(15-16-17)10-13-7-3-5(11)2-6(12)9(7)14-10/h2-4H,1H3,(H,13,14). The van der Waals surface area contributed by atoms with Crippen LogP contribution in [0, 0.1) is 11.6 Å². The Kier molecular flexibility index (Phi) is 1.94. The molecule has 0 aliphatic rings. The van der Waals surface area contributed by atoms with Gasteiger partial charge in [-0.1, -0.05) is 5.21 Å². The van der Waals surface area contributed by atoms with Gasteiger partial charge in [0.1, 0.15) is 17.0 Å². The quantitative estimate of drug-likeness (QED) is 0.697. The van der Waals surface area contributed by atoms with E-state index in [0.717, 1.165) is 6.07 Å². The molecule has 0 radical (unpaired) electrons. The van der Waals surface area contributed by atoms with Crippen LogP contribution in [0.5, 0.6) is 0 Å². The molecule has 0 unspecified atom stereocenters. The molecule has 0 atom stereocenters. The maximum Gasteiger partial charge on any atom is 0.160 e. The molecule has 5 nitrogen and oxygen atoms in total. The summed E-state index contributed by atoms with van der Waals surface area (Å²) < 4.78 is 27.9. The van der Waals surface area contributed by atoms with Gasteiger partial charge in [-0.25, -0.2) is 13.8 Å². The number of aromatic amines is 1. The third kappa shape index (κ3) is 1.55. The van der Waals surface area contributed by atoms with Crippen LogP contribution in [0.25, 0.3) is 22.6 Å². The first kappa shape index (κ1) is 9.88. The molecule has 0 amide bonds. The highest BCUT2D eigenvalue weighted by atomic mass is 19.1. The van der Waals surface area contributed by atoms with Crippen LogP contribution in [0.4, 0.5) is 8.78 Å². The molecular formula is C10H7F2N5. The van der Waals surface area contributed by atoms with Crippen molar-refractivity contribution < 1.29 is 8.78 Å². The van der Waals surface area contributed by atoms with E-state index in [1.807, 2.05) is 0 Å². The normalized spacial score (nSPS) is 11.2. The third-order valence-corrected chi connectivity index (χ3v) is 2.35. The Labute approximate surface area is 94.1 Å². The minimum Gasteiger partial charge on any atom is -0.336 e. The van der Waals surface area contributed by atoms with Crippen LogP contribution in [0.1, 0.15) is 0 Å². The number of rotatable bonds is 1. The van der Waals surface area contributed by atoms with Crippen molar-refractivity contribution in [1.29, 1.82) is 0 Å². The van der Waals surface area contributed by atoms with E-state index in [2.05, 4.69) is 20.3 Å². The van der Waals surface area contributed by atoms with Crippen LogP contribution in [-0.2, 0) is 7.05 Å². The second kappa shape index (κ2) is 3.34. The highest BCUT2D eigenvalue weighted by Crippen LogP contribution is 2.21. The summed E-state index contributed by atoms with van der Waals surface area (Å²) in [6, 6.07) is 1.98. The van der Waals surface area contributed by atoms with Crippen molar-refractivity contribution in [1.82, 2.24) is 25.0 Å². The second-order valence-electron chi connectivity index (χ2n) is 3.65. The number of imidazole rings is 1. The number of fused-ring (bicyclic) bond motifs is 1. The fraction of sp³-hybridized carbons (Fsp3) is 0.100. The van der Waals surface area contributed by atoms with Gasteiger partial charge >= 0.3 is 0 Å². The van der Waals surface area contributed by atoms with Crippen LogP contribution < -0.4 is 0 Å². The summed E-state index contributed by atoms with van der Waals surface area (Å²) in [4.78, 5) is 6.82. The van der Waals surface area contributed by atoms with Gasteiger partial charge in [-0.2, -0.15) is 0 Å².